The SMILES string of the molecule is O=C(Cc1ccc(F)cc1)N[C@@H]1CC(=O)N(c2ccc3c(c2)OCCO3)C1. The first-order valence-corrected chi connectivity index (χ1v) is 8.82. The first kappa shape index (κ1) is 17.3. The van der Waals surface area contributed by atoms with Gasteiger partial charge in [0.1, 0.15) is 19.0 Å². The molecule has 2 aromatic rings. The molecule has 2 aliphatic heterocycles. The van der Waals surface area contributed by atoms with Crippen LogP contribution in [0.4, 0.5) is 10.1 Å². The van der Waals surface area contributed by atoms with E-state index in [-0.39, 0.29) is 36.5 Å². The number of carbonyl (C=O) groups is 2. The Morgan fingerprint density at radius 3 is 2.63 bits per heavy atom. The summed E-state index contributed by atoms with van der Waals surface area (Å²) in [5.74, 6) is 0.703. The van der Waals surface area contributed by atoms with Gasteiger partial charge in [-0.2, -0.15) is 0 Å². The molecule has 6 nitrogen and oxygen atoms in total. The van der Waals surface area contributed by atoms with Crippen molar-refractivity contribution in [1.29, 1.82) is 0 Å². The second-order valence-corrected chi connectivity index (χ2v) is 6.60. The van der Waals surface area contributed by atoms with Crippen molar-refractivity contribution >= 4 is 17.5 Å². The second kappa shape index (κ2) is 7.26. The summed E-state index contributed by atoms with van der Waals surface area (Å²) >= 11 is 0. The quantitative estimate of drug-likeness (QED) is 0.895. The van der Waals surface area contributed by atoms with Crippen molar-refractivity contribution in [3.8, 4) is 11.5 Å². The molecule has 0 aliphatic carbocycles. The van der Waals surface area contributed by atoms with Crippen molar-refractivity contribution in [3.05, 3.63) is 53.8 Å². The Bertz CT molecular complexity index is 869. The molecule has 1 N–H and O–H groups in total. The molecule has 1 saturated heterocycles. The number of anilines is 1. The zero-order valence-electron chi connectivity index (χ0n) is 14.6. The van der Waals surface area contributed by atoms with Crippen molar-refractivity contribution in [3.63, 3.8) is 0 Å². The van der Waals surface area contributed by atoms with E-state index in [1.54, 1.807) is 29.2 Å². The van der Waals surface area contributed by atoms with Gasteiger partial charge in [-0.05, 0) is 29.8 Å². The fourth-order valence-electron chi connectivity index (χ4n) is 3.32. The maximum Gasteiger partial charge on any atom is 0.229 e. The Kier molecular flexibility index (Phi) is 4.66. The summed E-state index contributed by atoms with van der Waals surface area (Å²) in [6.45, 7) is 1.39. The van der Waals surface area contributed by atoms with Crippen LogP contribution in [0.15, 0.2) is 42.5 Å². The number of benzene rings is 2. The molecule has 0 aromatic heterocycles. The summed E-state index contributed by atoms with van der Waals surface area (Å²) in [7, 11) is 0. The molecule has 4 rings (SSSR count). The van der Waals surface area contributed by atoms with E-state index in [2.05, 4.69) is 5.32 Å². The number of hydrogen-bond acceptors (Lipinski definition) is 4. The molecule has 2 aromatic carbocycles. The van der Waals surface area contributed by atoms with Gasteiger partial charge in [-0.15, -0.1) is 0 Å². The third kappa shape index (κ3) is 3.86. The highest BCUT2D eigenvalue weighted by molar-refractivity contribution is 5.97. The Morgan fingerprint density at radius 1 is 1.11 bits per heavy atom. The maximum atomic E-state index is 12.9. The first-order chi connectivity index (χ1) is 13.1. The molecule has 0 unspecified atom stereocenters. The first-order valence-electron chi connectivity index (χ1n) is 8.82. The van der Waals surface area contributed by atoms with Gasteiger partial charge in [0.25, 0.3) is 0 Å². The van der Waals surface area contributed by atoms with Crippen LogP contribution in [0.1, 0.15) is 12.0 Å². The lowest BCUT2D eigenvalue weighted by molar-refractivity contribution is -0.121. The van der Waals surface area contributed by atoms with Crippen LogP contribution in [0.25, 0.3) is 0 Å². The van der Waals surface area contributed by atoms with Crippen molar-refractivity contribution in [1.82, 2.24) is 5.32 Å². The van der Waals surface area contributed by atoms with Crippen LogP contribution >= 0.6 is 0 Å². The van der Waals surface area contributed by atoms with Crippen LogP contribution in [-0.2, 0) is 16.0 Å². The lowest BCUT2D eigenvalue weighted by Crippen LogP contribution is -2.38. The number of hydrogen-bond donors (Lipinski definition) is 1. The van der Waals surface area contributed by atoms with E-state index in [4.69, 9.17) is 9.47 Å². The summed E-state index contributed by atoms with van der Waals surface area (Å²) in [5, 5.41) is 2.88. The number of amides is 2. The monoisotopic (exact) mass is 370 g/mol. The normalized spacial score (nSPS) is 18.5. The van der Waals surface area contributed by atoms with Crippen LogP contribution in [-0.4, -0.2) is 37.6 Å². The molecular weight excluding hydrogens is 351 g/mol. The number of halogens is 1. The van der Waals surface area contributed by atoms with E-state index in [1.165, 1.54) is 12.1 Å². The third-order valence-corrected chi connectivity index (χ3v) is 4.61. The van der Waals surface area contributed by atoms with Crippen LogP contribution in [0, 0.1) is 5.82 Å². The van der Waals surface area contributed by atoms with Gasteiger partial charge in [-0.25, -0.2) is 4.39 Å². The van der Waals surface area contributed by atoms with Crippen molar-refractivity contribution in [2.75, 3.05) is 24.7 Å². The van der Waals surface area contributed by atoms with Gasteiger partial charge in [0.15, 0.2) is 11.5 Å². The highest BCUT2D eigenvalue weighted by Gasteiger charge is 2.32. The van der Waals surface area contributed by atoms with Gasteiger partial charge in [0, 0.05) is 24.7 Å². The molecule has 7 heteroatoms. The predicted molar refractivity (Wildman–Crippen MR) is 96.4 cm³/mol. The van der Waals surface area contributed by atoms with Crippen molar-refractivity contribution in [2.24, 2.45) is 0 Å². The zero-order chi connectivity index (χ0) is 18.8. The van der Waals surface area contributed by atoms with Gasteiger partial charge in [-0.1, -0.05) is 12.1 Å². The molecule has 2 aliphatic rings. The van der Waals surface area contributed by atoms with Gasteiger partial charge >= 0.3 is 0 Å². The van der Waals surface area contributed by atoms with E-state index in [0.717, 1.165) is 11.3 Å². The minimum absolute atomic E-state index is 0.0567. The standard InChI is InChI=1S/C20H19FN2O4/c21-14-3-1-13(2-4-14)9-19(24)22-15-10-20(25)23(12-15)16-5-6-17-18(11-16)27-8-7-26-17/h1-6,11,15H,7-10,12H2,(H,22,24)/t15-/m1/s1. The molecule has 140 valence electrons. The number of rotatable bonds is 4. The van der Waals surface area contributed by atoms with E-state index in [9.17, 15) is 14.0 Å². The van der Waals surface area contributed by atoms with Gasteiger partial charge in [0.05, 0.1) is 12.5 Å². The average molecular weight is 370 g/mol. The Labute approximate surface area is 155 Å². The summed E-state index contributed by atoms with van der Waals surface area (Å²) in [5.41, 5.74) is 1.45. The van der Waals surface area contributed by atoms with E-state index >= 15 is 0 Å². The van der Waals surface area contributed by atoms with Crippen molar-refractivity contribution < 1.29 is 23.5 Å². The summed E-state index contributed by atoms with van der Waals surface area (Å²) in [4.78, 5) is 26.3. The Hall–Kier alpha value is -3.09. The lowest BCUT2D eigenvalue weighted by atomic mass is 10.1. The minimum atomic E-state index is -0.337. The third-order valence-electron chi connectivity index (χ3n) is 4.61. The van der Waals surface area contributed by atoms with E-state index < -0.39 is 0 Å². The van der Waals surface area contributed by atoms with Gasteiger partial charge in [0.2, 0.25) is 11.8 Å². The van der Waals surface area contributed by atoms with E-state index in [1.807, 2.05) is 6.07 Å². The molecule has 27 heavy (non-hydrogen) atoms. The minimum Gasteiger partial charge on any atom is -0.486 e. The van der Waals surface area contributed by atoms with E-state index in [0.29, 0.717) is 31.3 Å². The smallest absolute Gasteiger partial charge is 0.229 e. The molecule has 0 radical (unpaired) electrons. The lowest BCUT2D eigenvalue weighted by Gasteiger charge is -2.22. The second-order valence-electron chi connectivity index (χ2n) is 6.60. The van der Waals surface area contributed by atoms with Crippen LogP contribution < -0.4 is 19.7 Å². The topological polar surface area (TPSA) is 67.9 Å². The zero-order valence-corrected chi connectivity index (χ0v) is 14.6. The molecule has 1 atom stereocenters. The molecular formula is C20H19FN2O4. The highest BCUT2D eigenvalue weighted by Crippen LogP contribution is 2.35. The van der Waals surface area contributed by atoms with Gasteiger partial charge in [-0.3, -0.25) is 9.59 Å². The Balaban J connectivity index is 1.38. The van der Waals surface area contributed by atoms with Crippen LogP contribution in [0.2, 0.25) is 0 Å². The number of nitrogens with zero attached hydrogens (tertiary/aromatic N) is 1. The fraction of sp³-hybridized carbons (Fsp3) is 0.300. The predicted octanol–water partition coefficient (Wildman–Crippen LogP) is 2.06. The number of ether oxygens (including phenoxy) is 2. The van der Waals surface area contributed by atoms with Crippen LogP contribution in [0.3, 0.4) is 0 Å². The summed E-state index contributed by atoms with van der Waals surface area (Å²) < 4.78 is 24.0. The molecule has 1 fully saturated rings. The molecule has 0 saturated carbocycles. The number of fused-ring (bicyclic) bond motifs is 1. The molecule has 0 spiro atoms. The van der Waals surface area contributed by atoms with Crippen molar-refractivity contribution in [2.45, 2.75) is 18.9 Å². The average Bonchev–Trinajstić information content (AvgIpc) is 3.03. The van der Waals surface area contributed by atoms with Crippen LogP contribution in [0.5, 0.6) is 11.5 Å². The Morgan fingerprint density at radius 2 is 1.85 bits per heavy atom. The largest absolute Gasteiger partial charge is 0.486 e. The maximum absolute atomic E-state index is 12.9. The fourth-order valence-corrected chi connectivity index (χ4v) is 3.32. The highest BCUT2D eigenvalue weighted by atomic mass is 19.1. The summed E-state index contributed by atoms with van der Waals surface area (Å²) in [6.07, 6.45) is 0.387. The number of carbonyl (C=O) groups excluding carboxylic acids is 2. The molecule has 0 bridgehead atoms. The molecule has 2 heterocycles. The number of nitrogens with one attached hydrogen (secondary N) is 1. The molecule has 2 amide bonds. The van der Waals surface area contributed by atoms with Gasteiger partial charge < -0.3 is 19.7 Å². The summed E-state index contributed by atoms with van der Waals surface area (Å²) in [6, 6.07) is 10.9.